The van der Waals surface area contributed by atoms with Gasteiger partial charge in [0.15, 0.2) is 0 Å². The van der Waals surface area contributed by atoms with Crippen LogP contribution in [0.25, 0.3) is 0 Å². The maximum absolute atomic E-state index is 6.00. The highest BCUT2D eigenvalue weighted by molar-refractivity contribution is 9.10. The van der Waals surface area contributed by atoms with E-state index in [1.807, 2.05) is 24.3 Å². The van der Waals surface area contributed by atoms with Gasteiger partial charge in [-0.1, -0.05) is 29.3 Å². The van der Waals surface area contributed by atoms with Gasteiger partial charge in [0.05, 0.1) is 15.7 Å². The molecule has 5 heteroatoms. The van der Waals surface area contributed by atoms with E-state index >= 15 is 0 Å². The van der Waals surface area contributed by atoms with Crippen molar-refractivity contribution in [2.45, 2.75) is 12.5 Å². The second kappa shape index (κ2) is 4.72. The molecule has 2 nitrogen and oxygen atoms in total. The van der Waals surface area contributed by atoms with E-state index in [4.69, 9.17) is 27.9 Å². The zero-order valence-corrected chi connectivity index (χ0v) is 12.3. The Kier molecular flexibility index (Phi) is 3.22. The van der Waals surface area contributed by atoms with E-state index in [9.17, 15) is 0 Å². The Morgan fingerprint density at radius 1 is 1.22 bits per heavy atom. The second-order valence-electron chi connectivity index (χ2n) is 4.07. The highest BCUT2D eigenvalue weighted by atomic mass is 79.9. The largest absolute Gasteiger partial charge is 0.483 e. The molecule has 2 heterocycles. The van der Waals surface area contributed by atoms with Crippen LogP contribution in [0.3, 0.4) is 0 Å². The molecular weight excluding hydrogens is 337 g/mol. The van der Waals surface area contributed by atoms with Gasteiger partial charge in [-0.05, 0) is 39.7 Å². The third kappa shape index (κ3) is 2.22. The molecule has 18 heavy (non-hydrogen) atoms. The van der Waals surface area contributed by atoms with Gasteiger partial charge in [0, 0.05) is 12.5 Å². The van der Waals surface area contributed by atoms with Crippen LogP contribution in [-0.4, -0.2) is 4.98 Å². The Balaban J connectivity index is 1.93. The molecule has 0 N–H and O–H groups in total. The Bertz CT molecular complexity index is 587. The quantitative estimate of drug-likeness (QED) is 0.691. The fourth-order valence-electron chi connectivity index (χ4n) is 2.00. The minimum Gasteiger partial charge on any atom is -0.483 e. The minimum absolute atomic E-state index is 0.0768. The third-order valence-electron chi connectivity index (χ3n) is 2.84. The zero-order valence-electron chi connectivity index (χ0n) is 9.16. The number of ether oxygens (including phenoxy) is 1. The lowest BCUT2D eigenvalue weighted by molar-refractivity contribution is 0.233. The summed E-state index contributed by atoms with van der Waals surface area (Å²) < 4.78 is 6.66. The Morgan fingerprint density at radius 2 is 2.00 bits per heavy atom. The molecule has 1 aromatic carbocycles. The topological polar surface area (TPSA) is 22.1 Å². The normalized spacial score (nSPS) is 17.4. The summed E-state index contributed by atoms with van der Waals surface area (Å²) in [5.41, 5.74) is 1.96. The van der Waals surface area contributed by atoms with Crippen LogP contribution in [0.1, 0.15) is 17.4 Å². The lowest BCUT2D eigenvalue weighted by Crippen LogP contribution is -2.05. The maximum Gasteiger partial charge on any atom is 0.145 e. The highest BCUT2D eigenvalue weighted by Gasteiger charge is 2.26. The summed E-state index contributed by atoms with van der Waals surface area (Å²) in [5, 5.41) is 1.07. The lowest BCUT2D eigenvalue weighted by atomic mass is 10.1. The monoisotopic (exact) mass is 343 g/mol. The van der Waals surface area contributed by atoms with Crippen molar-refractivity contribution in [3.63, 3.8) is 0 Å². The predicted octanol–water partition coefficient (Wildman–Crippen LogP) is 4.83. The van der Waals surface area contributed by atoms with E-state index in [0.717, 1.165) is 28.0 Å². The van der Waals surface area contributed by atoms with Gasteiger partial charge in [0.2, 0.25) is 0 Å². The minimum atomic E-state index is -0.0768. The second-order valence-corrected chi connectivity index (χ2v) is 5.70. The van der Waals surface area contributed by atoms with Crippen molar-refractivity contribution in [1.29, 1.82) is 0 Å². The summed E-state index contributed by atoms with van der Waals surface area (Å²) in [6.07, 6.45) is 0.683. The average Bonchev–Trinajstić information content (AvgIpc) is 2.73. The zero-order chi connectivity index (χ0) is 12.7. The number of rotatable bonds is 1. The summed E-state index contributed by atoms with van der Waals surface area (Å²) >= 11 is 15.3. The molecule has 0 aliphatic carbocycles. The smallest absolute Gasteiger partial charge is 0.145 e. The van der Waals surface area contributed by atoms with Gasteiger partial charge in [-0.25, -0.2) is 4.98 Å². The van der Waals surface area contributed by atoms with Crippen molar-refractivity contribution in [3.05, 3.63) is 56.2 Å². The molecule has 0 saturated heterocycles. The van der Waals surface area contributed by atoms with Crippen molar-refractivity contribution < 1.29 is 4.74 Å². The predicted molar refractivity (Wildman–Crippen MR) is 75.5 cm³/mol. The van der Waals surface area contributed by atoms with Crippen molar-refractivity contribution in [2.75, 3.05) is 0 Å². The molecule has 1 aromatic heterocycles. The number of hydrogen-bond donors (Lipinski definition) is 0. The van der Waals surface area contributed by atoms with Crippen LogP contribution >= 0.6 is 39.1 Å². The molecule has 2 aromatic rings. The molecule has 3 rings (SSSR count). The molecule has 0 fully saturated rings. The molecule has 1 unspecified atom stereocenters. The first kappa shape index (κ1) is 12.3. The van der Waals surface area contributed by atoms with Gasteiger partial charge in [0.25, 0.3) is 0 Å². The SMILES string of the molecule is Clc1cc2c(cc1Cl)OC(c1cccc(Br)n1)C2. The van der Waals surface area contributed by atoms with Crippen LogP contribution in [0.4, 0.5) is 0 Å². The number of benzene rings is 1. The number of fused-ring (bicyclic) bond motifs is 1. The Labute approximate surface area is 123 Å². The number of aromatic nitrogens is 1. The first-order valence-corrected chi connectivity index (χ1v) is 6.95. The number of pyridine rings is 1. The van der Waals surface area contributed by atoms with Crippen molar-refractivity contribution in [3.8, 4) is 5.75 Å². The first-order chi connectivity index (χ1) is 8.63. The van der Waals surface area contributed by atoms with Crippen LogP contribution in [0.2, 0.25) is 10.0 Å². The maximum atomic E-state index is 6.00. The molecule has 0 saturated carbocycles. The van der Waals surface area contributed by atoms with Crippen LogP contribution in [0, 0.1) is 0 Å². The molecule has 1 aliphatic rings. The molecule has 92 valence electrons. The molecule has 0 spiro atoms. The van der Waals surface area contributed by atoms with Gasteiger partial charge < -0.3 is 4.74 Å². The number of halogens is 3. The summed E-state index contributed by atoms with van der Waals surface area (Å²) in [6.45, 7) is 0. The van der Waals surface area contributed by atoms with Crippen molar-refractivity contribution in [1.82, 2.24) is 4.98 Å². The van der Waals surface area contributed by atoms with Crippen LogP contribution in [0.5, 0.6) is 5.75 Å². The average molecular weight is 345 g/mol. The van der Waals surface area contributed by atoms with Crippen molar-refractivity contribution in [2.24, 2.45) is 0 Å². The van der Waals surface area contributed by atoms with E-state index in [2.05, 4.69) is 20.9 Å². The lowest BCUT2D eigenvalue weighted by Gasteiger charge is -2.09. The van der Waals surface area contributed by atoms with Gasteiger partial charge in [-0.15, -0.1) is 0 Å². The Hall–Kier alpha value is -0.770. The summed E-state index contributed by atoms with van der Waals surface area (Å²) in [4.78, 5) is 4.41. The van der Waals surface area contributed by atoms with E-state index in [1.165, 1.54) is 0 Å². The van der Waals surface area contributed by atoms with Crippen LogP contribution in [0.15, 0.2) is 34.9 Å². The van der Waals surface area contributed by atoms with E-state index in [0.29, 0.717) is 10.0 Å². The molecule has 1 atom stereocenters. The molecule has 0 bridgehead atoms. The summed E-state index contributed by atoms with van der Waals surface area (Å²) in [6, 6.07) is 9.40. The standard InChI is InChI=1S/C13H8BrCl2NO/c14-13-3-1-2-10(17-13)12-5-7-4-8(15)9(16)6-11(7)18-12/h1-4,6,12H,5H2. The fourth-order valence-corrected chi connectivity index (χ4v) is 2.70. The molecule has 1 aliphatic heterocycles. The fraction of sp³-hybridized carbons (Fsp3) is 0.154. The Morgan fingerprint density at radius 3 is 2.78 bits per heavy atom. The number of nitrogens with zero attached hydrogens (tertiary/aromatic N) is 1. The van der Waals surface area contributed by atoms with Gasteiger partial charge in [-0.2, -0.15) is 0 Å². The summed E-state index contributed by atoms with van der Waals surface area (Å²) in [7, 11) is 0. The van der Waals surface area contributed by atoms with Crippen LogP contribution < -0.4 is 4.74 Å². The highest BCUT2D eigenvalue weighted by Crippen LogP contribution is 2.40. The van der Waals surface area contributed by atoms with Gasteiger partial charge in [-0.3, -0.25) is 0 Å². The van der Waals surface area contributed by atoms with Crippen molar-refractivity contribution >= 4 is 39.1 Å². The molecule has 0 amide bonds. The molecular formula is C13H8BrCl2NO. The van der Waals surface area contributed by atoms with Gasteiger partial charge >= 0.3 is 0 Å². The third-order valence-corrected chi connectivity index (χ3v) is 4.01. The van der Waals surface area contributed by atoms with Crippen LogP contribution in [-0.2, 0) is 6.42 Å². The van der Waals surface area contributed by atoms with E-state index < -0.39 is 0 Å². The molecule has 0 radical (unpaired) electrons. The van der Waals surface area contributed by atoms with E-state index in [-0.39, 0.29) is 6.10 Å². The van der Waals surface area contributed by atoms with Gasteiger partial charge in [0.1, 0.15) is 16.5 Å². The number of hydrogen-bond acceptors (Lipinski definition) is 2. The summed E-state index contributed by atoms with van der Waals surface area (Å²) in [5.74, 6) is 0.788. The first-order valence-electron chi connectivity index (χ1n) is 5.40. The van der Waals surface area contributed by atoms with E-state index in [1.54, 1.807) is 6.07 Å².